The Labute approximate surface area is 181 Å². The molecule has 160 valence electrons. The lowest BCUT2D eigenvalue weighted by atomic mass is 10.1. The summed E-state index contributed by atoms with van der Waals surface area (Å²) in [6, 6.07) is 21.9. The summed E-state index contributed by atoms with van der Waals surface area (Å²) in [4.78, 5) is 23.6. The van der Waals surface area contributed by atoms with Gasteiger partial charge in [0.25, 0.3) is 0 Å². The molecule has 0 aliphatic rings. The number of hydrogen-bond donors (Lipinski definition) is 0. The number of ether oxygens (including phenoxy) is 4. The van der Waals surface area contributed by atoms with E-state index in [0.29, 0.717) is 35.0 Å². The van der Waals surface area contributed by atoms with Gasteiger partial charge in [0.2, 0.25) is 0 Å². The molecule has 3 aromatic rings. The highest BCUT2D eigenvalue weighted by molar-refractivity contribution is 5.94. The molecule has 0 atom stereocenters. The van der Waals surface area contributed by atoms with E-state index in [-0.39, 0.29) is 19.0 Å². The smallest absolute Gasteiger partial charge is 0.344 e. The number of esters is 1. The zero-order valence-corrected chi connectivity index (χ0v) is 17.5. The summed E-state index contributed by atoms with van der Waals surface area (Å²) < 4.78 is 21.7. The molecule has 0 radical (unpaired) electrons. The summed E-state index contributed by atoms with van der Waals surface area (Å²) in [5.41, 5.74) is 2.22. The number of hydrogen-bond acceptors (Lipinski definition) is 6. The molecule has 6 nitrogen and oxygen atoms in total. The SMILES string of the molecule is COc1ccc(C(C)=O)cc1COC(=O)COc1ccc(OCc2ccccc2)cc1. The summed E-state index contributed by atoms with van der Waals surface area (Å²) in [5.74, 6) is 1.18. The van der Waals surface area contributed by atoms with Crippen LogP contribution in [0.25, 0.3) is 0 Å². The Morgan fingerprint density at radius 3 is 2.13 bits per heavy atom. The highest BCUT2D eigenvalue weighted by Gasteiger charge is 2.11. The van der Waals surface area contributed by atoms with Crippen molar-refractivity contribution in [2.24, 2.45) is 0 Å². The van der Waals surface area contributed by atoms with Gasteiger partial charge in [0, 0.05) is 11.1 Å². The standard InChI is InChI=1S/C25H24O6/c1-18(26)20-8-13-24(28-2)21(14-20)16-31-25(27)17-30-23-11-9-22(10-12-23)29-15-19-6-4-3-5-7-19/h3-14H,15-17H2,1-2H3. The molecule has 0 unspecified atom stereocenters. The van der Waals surface area contributed by atoms with Gasteiger partial charge in [0.15, 0.2) is 12.4 Å². The maximum Gasteiger partial charge on any atom is 0.344 e. The fraction of sp³-hybridized carbons (Fsp3) is 0.200. The van der Waals surface area contributed by atoms with Gasteiger partial charge in [-0.15, -0.1) is 0 Å². The molecule has 6 heteroatoms. The van der Waals surface area contributed by atoms with Crippen LogP contribution in [0, 0.1) is 0 Å². The Balaban J connectivity index is 1.46. The minimum atomic E-state index is -0.528. The third kappa shape index (κ3) is 6.60. The molecule has 0 spiro atoms. The van der Waals surface area contributed by atoms with E-state index < -0.39 is 5.97 Å². The second-order valence-corrected chi connectivity index (χ2v) is 6.78. The second kappa shape index (κ2) is 10.8. The van der Waals surface area contributed by atoms with Gasteiger partial charge in [-0.05, 0) is 55.0 Å². The third-order valence-corrected chi connectivity index (χ3v) is 4.50. The summed E-state index contributed by atoms with van der Waals surface area (Å²) >= 11 is 0. The van der Waals surface area contributed by atoms with Crippen molar-refractivity contribution in [1.29, 1.82) is 0 Å². The van der Waals surface area contributed by atoms with Gasteiger partial charge in [0.1, 0.15) is 30.5 Å². The van der Waals surface area contributed by atoms with Crippen molar-refractivity contribution in [1.82, 2.24) is 0 Å². The van der Waals surface area contributed by atoms with Crippen LogP contribution in [-0.4, -0.2) is 25.5 Å². The molecule has 3 aromatic carbocycles. The predicted molar refractivity (Wildman–Crippen MR) is 116 cm³/mol. The number of benzene rings is 3. The van der Waals surface area contributed by atoms with Crippen LogP contribution in [0.1, 0.15) is 28.4 Å². The van der Waals surface area contributed by atoms with Crippen LogP contribution in [0.5, 0.6) is 17.2 Å². The lowest BCUT2D eigenvalue weighted by Crippen LogP contribution is -2.15. The van der Waals surface area contributed by atoms with Gasteiger partial charge >= 0.3 is 5.97 Å². The van der Waals surface area contributed by atoms with Crippen molar-refractivity contribution in [3.63, 3.8) is 0 Å². The van der Waals surface area contributed by atoms with E-state index in [4.69, 9.17) is 18.9 Å². The fourth-order valence-corrected chi connectivity index (χ4v) is 2.83. The monoisotopic (exact) mass is 420 g/mol. The Morgan fingerprint density at radius 2 is 1.48 bits per heavy atom. The van der Waals surface area contributed by atoms with E-state index in [1.54, 1.807) is 42.5 Å². The molecule has 0 saturated heterocycles. The van der Waals surface area contributed by atoms with E-state index in [1.807, 2.05) is 30.3 Å². The number of carbonyl (C=O) groups excluding carboxylic acids is 2. The molecule has 31 heavy (non-hydrogen) atoms. The van der Waals surface area contributed by atoms with Crippen LogP contribution in [0.3, 0.4) is 0 Å². The molecule has 0 fully saturated rings. The van der Waals surface area contributed by atoms with Crippen molar-refractivity contribution >= 4 is 11.8 Å². The first-order chi connectivity index (χ1) is 15.0. The Kier molecular flexibility index (Phi) is 7.65. The number of ketones is 1. The largest absolute Gasteiger partial charge is 0.496 e. The molecule has 0 bridgehead atoms. The molecule has 3 rings (SSSR count). The van der Waals surface area contributed by atoms with Crippen molar-refractivity contribution in [3.05, 3.63) is 89.5 Å². The van der Waals surface area contributed by atoms with Gasteiger partial charge in [-0.3, -0.25) is 4.79 Å². The van der Waals surface area contributed by atoms with Crippen molar-refractivity contribution in [2.45, 2.75) is 20.1 Å². The maximum atomic E-state index is 12.1. The number of methoxy groups -OCH3 is 1. The number of Topliss-reactive ketones (excluding diaryl/α,β-unsaturated/α-hetero) is 1. The minimum absolute atomic E-state index is 0.0151. The molecule has 0 amide bonds. The van der Waals surface area contributed by atoms with E-state index in [2.05, 4.69) is 0 Å². The van der Waals surface area contributed by atoms with Crippen molar-refractivity contribution in [2.75, 3.05) is 13.7 Å². The molecule has 0 N–H and O–H groups in total. The van der Waals surface area contributed by atoms with Gasteiger partial charge in [-0.1, -0.05) is 30.3 Å². The van der Waals surface area contributed by atoms with Gasteiger partial charge in [-0.2, -0.15) is 0 Å². The van der Waals surface area contributed by atoms with Crippen LogP contribution in [0.4, 0.5) is 0 Å². The normalized spacial score (nSPS) is 10.3. The first kappa shape index (κ1) is 21.9. The maximum absolute atomic E-state index is 12.1. The Hall–Kier alpha value is -3.80. The molecular formula is C25H24O6. The minimum Gasteiger partial charge on any atom is -0.496 e. The molecule has 0 aliphatic carbocycles. The van der Waals surface area contributed by atoms with E-state index in [9.17, 15) is 9.59 Å². The first-order valence-corrected chi connectivity index (χ1v) is 9.78. The highest BCUT2D eigenvalue weighted by atomic mass is 16.6. The van der Waals surface area contributed by atoms with Crippen LogP contribution in [0.15, 0.2) is 72.8 Å². The van der Waals surface area contributed by atoms with Gasteiger partial charge < -0.3 is 18.9 Å². The van der Waals surface area contributed by atoms with Crippen LogP contribution >= 0.6 is 0 Å². The first-order valence-electron chi connectivity index (χ1n) is 9.78. The lowest BCUT2D eigenvalue weighted by Gasteiger charge is -2.11. The van der Waals surface area contributed by atoms with Crippen molar-refractivity contribution in [3.8, 4) is 17.2 Å². The van der Waals surface area contributed by atoms with Gasteiger partial charge in [0.05, 0.1) is 7.11 Å². The second-order valence-electron chi connectivity index (χ2n) is 6.78. The average Bonchev–Trinajstić information content (AvgIpc) is 2.81. The zero-order valence-electron chi connectivity index (χ0n) is 17.5. The highest BCUT2D eigenvalue weighted by Crippen LogP contribution is 2.22. The number of rotatable bonds is 10. The van der Waals surface area contributed by atoms with Crippen LogP contribution in [-0.2, 0) is 22.7 Å². The molecule has 0 saturated carbocycles. The summed E-state index contributed by atoms with van der Waals surface area (Å²) in [6.45, 7) is 1.70. The summed E-state index contributed by atoms with van der Waals surface area (Å²) in [6.07, 6.45) is 0. The molecule has 0 aliphatic heterocycles. The predicted octanol–water partition coefficient (Wildman–Crippen LogP) is 4.60. The Bertz CT molecular complexity index is 1010. The lowest BCUT2D eigenvalue weighted by molar-refractivity contribution is -0.147. The van der Waals surface area contributed by atoms with E-state index >= 15 is 0 Å². The van der Waals surface area contributed by atoms with E-state index in [1.165, 1.54) is 14.0 Å². The van der Waals surface area contributed by atoms with Crippen LogP contribution in [0.2, 0.25) is 0 Å². The quantitative estimate of drug-likeness (QED) is 0.353. The number of carbonyl (C=O) groups is 2. The van der Waals surface area contributed by atoms with Gasteiger partial charge in [-0.25, -0.2) is 4.79 Å². The molecule has 0 aromatic heterocycles. The van der Waals surface area contributed by atoms with E-state index in [0.717, 1.165) is 5.56 Å². The zero-order chi connectivity index (χ0) is 22.1. The average molecular weight is 420 g/mol. The third-order valence-electron chi connectivity index (χ3n) is 4.50. The van der Waals surface area contributed by atoms with Crippen LogP contribution < -0.4 is 14.2 Å². The summed E-state index contributed by atoms with van der Waals surface area (Å²) in [7, 11) is 1.52. The topological polar surface area (TPSA) is 71.1 Å². The fourth-order valence-electron chi connectivity index (χ4n) is 2.83. The van der Waals surface area contributed by atoms with Crippen molar-refractivity contribution < 1.29 is 28.5 Å². The molecule has 0 heterocycles. The Morgan fingerprint density at radius 1 is 0.806 bits per heavy atom. The summed E-state index contributed by atoms with van der Waals surface area (Å²) in [5, 5.41) is 0. The molecular weight excluding hydrogens is 396 g/mol.